The summed E-state index contributed by atoms with van der Waals surface area (Å²) in [5.41, 5.74) is 0.258. The van der Waals surface area contributed by atoms with E-state index in [0.29, 0.717) is 31.9 Å². The zero-order chi connectivity index (χ0) is 21.0. The minimum absolute atomic E-state index is 0.0464. The number of hydrogen-bond acceptors (Lipinski definition) is 4. The maximum Gasteiger partial charge on any atom is 0.258 e. The predicted molar refractivity (Wildman–Crippen MR) is 114 cm³/mol. The monoisotopic (exact) mass is 414 g/mol. The molecule has 0 aliphatic heterocycles. The van der Waals surface area contributed by atoms with Crippen molar-refractivity contribution in [2.45, 2.75) is 51.9 Å². The highest BCUT2D eigenvalue weighted by Crippen LogP contribution is 2.61. The van der Waals surface area contributed by atoms with Crippen LogP contribution in [0.1, 0.15) is 51.9 Å². The zero-order valence-corrected chi connectivity index (χ0v) is 18.0. The van der Waals surface area contributed by atoms with Crippen LogP contribution in [0.4, 0.5) is 0 Å². The van der Waals surface area contributed by atoms with Gasteiger partial charge in [-0.3, -0.25) is 9.59 Å². The van der Waals surface area contributed by atoms with Gasteiger partial charge < -0.3 is 20.1 Å². The van der Waals surface area contributed by atoms with E-state index in [1.54, 1.807) is 12.1 Å². The molecule has 4 saturated carbocycles. The molecule has 2 amide bonds. The smallest absolute Gasteiger partial charge is 0.258 e. The van der Waals surface area contributed by atoms with Crippen molar-refractivity contribution < 1.29 is 19.1 Å². The summed E-state index contributed by atoms with van der Waals surface area (Å²) in [5.74, 6) is 3.92. The molecule has 4 fully saturated rings. The first kappa shape index (κ1) is 21.0. The number of carbonyl (C=O) groups excluding carboxylic acids is 2. The van der Waals surface area contributed by atoms with Gasteiger partial charge in [-0.05, 0) is 92.9 Å². The van der Waals surface area contributed by atoms with Gasteiger partial charge in [-0.15, -0.1) is 0 Å². The lowest BCUT2D eigenvalue weighted by Crippen LogP contribution is -2.48. The lowest BCUT2D eigenvalue weighted by Gasteiger charge is -2.56. The van der Waals surface area contributed by atoms with Crippen molar-refractivity contribution in [3.8, 4) is 11.5 Å². The van der Waals surface area contributed by atoms with E-state index in [0.717, 1.165) is 23.5 Å². The molecule has 6 heteroatoms. The Labute approximate surface area is 179 Å². The van der Waals surface area contributed by atoms with Crippen molar-refractivity contribution in [2.75, 3.05) is 26.3 Å². The second-order valence-electron chi connectivity index (χ2n) is 9.49. The fraction of sp³-hybridized carbons (Fsp3) is 0.667. The van der Waals surface area contributed by atoms with Crippen LogP contribution >= 0.6 is 0 Å². The van der Waals surface area contributed by atoms with Crippen molar-refractivity contribution in [2.24, 2.45) is 23.2 Å². The maximum absolute atomic E-state index is 12.5. The van der Waals surface area contributed by atoms with Gasteiger partial charge in [-0.25, -0.2) is 0 Å². The van der Waals surface area contributed by atoms with Crippen LogP contribution in [-0.2, 0) is 9.59 Å². The Morgan fingerprint density at radius 2 is 1.37 bits per heavy atom. The second-order valence-corrected chi connectivity index (χ2v) is 9.49. The van der Waals surface area contributed by atoms with E-state index in [1.165, 1.54) is 38.5 Å². The molecule has 0 spiro atoms. The average molecular weight is 415 g/mol. The van der Waals surface area contributed by atoms with Gasteiger partial charge in [0, 0.05) is 19.5 Å². The van der Waals surface area contributed by atoms with Crippen molar-refractivity contribution >= 4 is 11.8 Å². The van der Waals surface area contributed by atoms with Crippen LogP contribution in [0.5, 0.6) is 11.5 Å². The van der Waals surface area contributed by atoms with E-state index in [1.807, 2.05) is 19.1 Å². The van der Waals surface area contributed by atoms with Gasteiger partial charge in [0.25, 0.3) is 5.91 Å². The first-order valence-corrected chi connectivity index (χ1v) is 11.4. The van der Waals surface area contributed by atoms with Crippen LogP contribution in [0.15, 0.2) is 24.3 Å². The number of amides is 2. The Bertz CT molecular complexity index is 711. The van der Waals surface area contributed by atoms with Crippen LogP contribution < -0.4 is 20.1 Å². The molecule has 0 aromatic heterocycles. The predicted octanol–water partition coefficient (Wildman–Crippen LogP) is 3.30. The minimum atomic E-state index is -0.195. The van der Waals surface area contributed by atoms with Crippen LogP contribution in [0.2, 0.25) is 0 Å². The molecule has 0 atom stereocenters. The molecule has 1 aromatic rings. The number of rotatable bonds is 10. The molecular weight excluding hydrogens is 380 g/mol. The number of carbonyl (C=O) groups is 2. The first-order valence-electron chi connectivity index (χ1n) is 11.4. The maximum atomic E-state index is 12.5. The standard InChI is InChI=1S/C24H34N2O4/c1-2-29-20-3-5-21(6-4-20)30-16-23(28)26-8-7-25-22(27)15-24-12-17-9-18(13-24)11-19(10-17)14-24/h3-6,17-19H,2,7-16H2,1H3,(H,25,27)(H,26,28). The molecule has 0 saturated heterocycles. The highest BCUT2D eigenvalue weighted by molar-refractivity contribution is 5.78. The Hall–Kier alpha value is -2.24. The Kier molecular flexibility index (Phi) is 6.49. The van der Waals surface area contributed by atoms with Crippen molar-refractivity contribution in [1.82, 2.24) is 10.6 Å². The molecular formula is C24H34N2O4. The zero-order valence-electron chi connectivity index (χ0n) is 18.0. The van der Waals surface area contributed by atoms with Gasteiger partial charge in [-0.1, -0.05) is 0 Å². The van der Waals surface area contributed by atoms with Gasteiger partial charge in [0.2, 0.25) is 5.91 Å². The van der Waals surface area contributed by atoms with E-state index >= 15 is 0 Å². The van der Waals surface area contributed by atoms with Gasteiger partial charge in [0.05, 0.1) is 6.61 Å². The first-order chi connectivity index (χ1) is 14.5. The van der Waals surface area contributed by atoms with Gasteiger partial charge >= 0.3 is 0 Å². The van der Waals surface area contributed by atoms with E-state index in [2.05, 4.69) is 10.6 Å². The van der Waals surface area contributed by atoms with E-state index < -0.39 is 0 Å². The van der Waals surface area contributed by atoms with Gasteiger partial charge in [-0.2, -0.15) is 0 Å². The number of nitrogens with one attached hydrogen (secondary N) is 2. The van der Waals surface area contributed by atoms with Crippen LogP contribution in [0.25, 0.3) is 0 Å². The summed E-state index contributed by atoms with van der Waals surface area (Å²) in [6.45, 7) is 3.37. The molecule has 5 rings (SSSR count). The summed E-state index contributed by atoms with van der Waals surface area (Å²) < 4.78 is 10.9. The second kappa shape index (κ2) is 9.27. The Morgan fingerprint density at radius 3 is 1.90 bits per heavy atom. The summed E-state index contributed by atoms with van der Waals surface area (Å²) in [4.78, 5) is 24.5. The summed E-state index contributed by atoms with van der Waals surface area (Å²) in [5, 5.41) is 5.79. The Balaban J connectivity index is 1.11. The summed E-state index contributed by atoms with van der Waals surface area (Å²) >= 11 is 0. The van der Waals surface area contributed by atoms with Gasteiger partial charge in [0.15, 0.2) is 6.61 Å². The van der Waals surface area contributed by atoms with Crippen LogP contribution in [0.3, 0.4) is 0 Å². The van der Waals surface area contributed by atoms with Crippen LogP contribution in [0, 0.1) is 23.2 Å². The Morgan fingerprint density at radius 1 is 0.867 bits per heavy atom. The largest absolute Gasteiger partial charge is 0.494 e. The molecule has 4 bridgehead atoms. The average Bonchev–Trinajstić information content (AvgIpc) is 2.69. The molecule has 4 aliphatic carbocycles. The molecule has 0 heterocycles. The van der Waals surface area contributed by atoms with E-state index in [9.17, 15) is 9.59 Å². The molecule has 30 heavy (non-hydrogen) atoms. The normalized spacial score (nSPS) is 28.8. The van der Waals surface area contributed by atoms with Gasteiger partial charge in [0.1, 0.15) is 11.5 Å². The molecule has 0 unspecified atom stereocenters. The SMILES string of the molecule is CCOc1ccc(OCC(=O)NCCNC(=O)CC23CC4CC(CC(C4)C2)C3)cc1. The highest BCUT2D eigenvalue weighted by atomic mass is 16.5. The molecule has 4 aliphatic rings. The fourth-order valence-corrected chi connectivity index (χ4v) is 6.31. The summed E-state index contributed by atoms with van der Waals surface area (Å²) in [7, 11) is 0. The third-order valence-electron chi connectivity index (χ3n) is 6.97. The minimum Gasteiger partial charge on any atom is -0.494 e. The van der Waals surface area contributed by atoms with Crippen molar-refractivity contribution in [3.63, 3.8) is 0 Å². The lowest BCUT2D eigenvalue weighted by atomic mass is 9.49. The number of benzene rings is 1. The third-order valence-corrected chi connectivity index (χ3v) is 6.97. The molecule has 2 N–H and O–H groups in total. The fourth-order valence-electron chi connectivity index (χ4n) is 6.31. The quantitative estimate of drug-likeness (QED) is 0.576. The number of ether oxygens (including phenoxy) is 2. The molecule has 6 nitrogen and oxygen atoms in total. The molecule has 1 aromatic carbocycles. The van der Waals surface area contributed by atoms with Crippen molar-refractivity contribution in [1.29, 1.82) is 0 Å². The van der Waals surface area contributed by atoms with Crippen molar-refractivity contribution in [3.05, 3.63) is 24.3 Å². The highest BCUT2D eigenvalue weighted by Gasteiger charge is 2.51. The summed E-state index contributed by atoms with van der Waals surface area (Å²) in [6.07, 6.45) is 8.57. The van der Waals surface area contributed by atoms with E-state index in [4.69, 9.17) is 9.47 Å². The molecule has 164 valence electrons. The molecule has 0 radical (unpaired) electrons. The van der Waals surface area contributed by atoms with Crippen LogP contribution in [-0.4, -0.2) is 38.1 Å². The van der Waals surface area contributed by atoms with E-state index in [-0.39, 0.29) is 23.8 Å². The lowest BCUT2D eigenvalue weighted by molar-refractivity contribution is -0.129. The summed E-state index contributed by atoms with van der Waals surface area (Å²) in [6, 6.07) is 7.19. The third kappa shape index (κ3) is 5.27. The number of hydrogen-bond donors (Lipinski definition) is 2. The topological polar surface area (TPSA) is 76.7 Å².